The van der Waals surface area contributed by atoms with Crippen molar-refractivity contribution in [2.75, 3.05) is 44.6 Å². The van der Waals surface area contributed by atoms with Crippen LogP contribution in [-0.4, -0.2) is 94.7 Å². The van der Waals surface area contributed by atoms with Crippen molar-refractivity contribution in [2.45, 2.75) is 130 Å². The number of allylic oxidation sites excluding steroid dienone is 1. The number of Topliss-reactive ketones (excluding diaryl/α,β-unsaturated/α-hetero) is 2. The number of aryl methyl sites for hydroxylation is 6. The minimum absolute atomic E-state index is 0.0159. The van der Waals surface area contributed by atoms with Crippen LogP contribution in [-0.2, 0) is 20.8 Å². The molecule has 13 heteroatoms. The first-order valence-corrected chi connectivity index (χ1v) is 28.0. The molecule has 3 aliphatic rings. The fourth-order valence-electron chi connectivity index (χ4n) is 12.5. The number of aliphatic hydroxyl groups is 3. The molecule has 0 aliphatic heterocycles. The van der Waals surface area contributed by atoms with Crippen LogP contribution in [0.3, 0.4) is 0 Å². The van der Waals surface area contributed by atoms with Crippen LogP contribution in [0.15, 0.2) is 83.3 Å². The molecule has 3 aliphatic carbocycles. The van der Waals surface area contributed by atoms with E-state index in [0.29, 0.717) is 17.7 Å². The summed E-state index contributed by atoms with van der Waals surface area (Å²) in [5, 5.41) is 53.8. The Morgan fingerprint density at radius 1 is 0.694 bits per heavy atom. The topological polar surface area (TPSA) is 194 Å². The summed E-state index contributed by atoms with van der Waals surface area (Å²) in [6.07, 6.45) is 10.9. The molecule has 386 valence electrons. The number of fused-ring (bicyclic) bond motifs is 3. The zero-order chi connectivity index (χ0) is 52.6. The van der Waals surface area contributed by atoms with Crippen LogP contribution in [0, 0.1) is 53.4 Å². The number of carbonyl (C=O) groups excluding carboxylic acids is 4. The molecule has 0 bridgehead atoms. The van der Waals surface area contributed by atoms with E-state index in [4.69, 9.17) is 5.73 Å². The second-order valence-electron chi connectivity index (χ2n) is 21.8. The summed E-state index contributed by atoms with van der Waals surface area (Å²) in [4.78, 5) is 57.2. The van der Waals surface area contributed by atoms with E-state index in [2.05, 4.69) is 101 Å². The average Bonchev–Trinajstić information content (AvgIpc) is 3.27. The number of aromatic hydroxyl groups is 1. The molecule has 4 aromatic rings. The number of amides is 2. The Morgan fingerprint density at radius 2 is 1.15 bits per heavy atom. The molecule has 0 saturated carbocycles. The normalized spacial score (nSPS) is 20.1. The number of benzene rings is 4. The summed E-state index contributed by atoms with van der Waals surface area (Å²) in [6, 6.07) is 22.1. The number of ketones is 2. The van der Waals surface area contributed by atoms with Crippen LogP contribution in [0.2, 0.25) is 0 Å². The number of hydrogen-bond acceptors (Lipinski definition) is 10. The SMILES string of the molecule is Cc1cc(C)cc([PH](CCCCCCCCCCCC(=O)Nc2cc(N(C)C)c3c(c2O)C(=O)C2=C(O)[C@]4(O)C(=O)C(C(N)=O)=C(O)[C@@H](N(C)C)[C@@H]4C[C@@H]2C3)(c2cc(C)cc(C)c2)c2cc(C)cc(C)c2)c1. The minimum atomic E-state index is -2.74. The zero-order valence-electron chi connectivity index (χ0n) is 44.1. The van der Waals surface area contributed by atoms with E-state index in [1.54, 1.807) is 39.2 Å². The number of anilines is 2. The Bertz CT molecular complexity index is 2680. The Morgan fingerprint density at radius 3 is 1.60 bits per heavy atom. The number of aliphatic hydroxyl groups excluding tert-OH is 2. The molecule has 0 heterocycles. The number of unbranched alkanes of at least 4 members (excludes halogenated alkanes) is 8. The van der Waals surface area contributed by atoms with Crippen molar-refractivity contribution in [3.05, 3.63) is 128 Å². The van der Waals surface area contributed by atoms with Gasteiger partial charge in [-0.15, -0.1) is 0 Å². The molecule has 72 heavy (non-hydrogen) atoms. The molecule has 4 atom stereocenters. The molecule has 7 rings (SSSR count). The number of phenolic OH excluding ortho intramolecular Hbond substituents is 1. The van der Waals surface area contributed by atoms with Crippen LogP contribution < -0.4 is 31.9 Å². The number of rotatable bonds is 19. The maximum absolute atomic E-state index is 14.5. The van der Waals surface area contributed by atoms with Crippen molar-refractivity contribution in [3.8, 4) is 5.75 Å². The fraction of sp³-hybridized carbons (Fsp3) is 0.458. The van der Waals surface area contributed by atoms with Gasteiger partial charge in [-0.2, -0.15) is 0 Å². The Hall–Kier alpha value is -5.81. The third kappa shape index (κ3) is 10.4. The van der Waals surface area contributed by atoms with Crippen LogP contribution in [0.5, 0.6) is 5.75 Å². The quantitative estimate of drug-likeness (QED) is 0.0229. The van der Waals surface area contributed by atoms with E-state index in [-0.39, 0.29) is 42.0 Å². The van der Waals surface area contributed by atoms with Crippen molar-refractivity contribution in [2.24, 2.45) is 17.6 Å². The Labute approximate surface area is 426 Å². The van der Waals surface area contributed by atoms with Gasteiger partial charge in [0.1, 0.15) is 17.1 Å². The van der Waals surface area contributed by atoms with Crippen LogP contribution in [0.1, 0.15) is 120 Å². The number of likely N-dealkylation sites (N-methyl/N-ethyl adjacent to an activating group) is 1. The first-order valence-electron chi connectivity index (χ1n) is 25.8. The van der Waals surface area contributed by atoms with Gasteiger partial charge in [0.2, 0.25) is 5.78 Å². The van der Waals surface area contributed by atoms with Crippen molar-refractivity contribution < 1.29 is 39.6 Å². The Balaban J connectivity index is 0.953. The molecule has 2 amide bonds. The van der Waals surface area contributed by atoms with E-state index in [1.165, 1.54) is 67.0 Å². The zero-order valence-corrected chi connectivity index (χ0v) is 45.1. The summed E-state index contributed by atoms with van der Waals surface area (Å²) in [5.41, 5.74) is 10.4. The van der Waals surface area contributed by atoms with E-state index in [0.717, 1.165) is 44.7 Å². The fourth-order valence-corrected chi connectivity index (χ4v) is 18.0. The first-order chi connectivity index (χ1) is 34.0. The molecule has 0 spiro atoms. The standard InChI is InChI=1S/C59H77N4O8P/c1-34-22-35(2)26-41(25-34)72(42-27-36(3)23-37(4)28-42,43-29-38(5)24-39(6)30-43)21-19-17-15-13-11-12-14-16-18-20-48(64)61-46-33-47(62(7)8)44-31-40-32-45-52(63(9)10)55(67)51(58(60)70)57(69)59(45,71)56(68)49(40)54(66)50(44)53(46)65/h22-30,33,40,45,52,65,67-68,71-72H,11-21,31-32H2,1-10H3,(H2,60,70)(H,61,64)/t40-,45-,52-,59-/m0/s1. The average molecular weight is 1000 g/mol. The number of phenols is 1. The number of carbonyl (C=O) groups is 4. The molecule has 0 unspecified atom stereocenters. The summed E-state index contributed by atoms with van der Waals surface area (Å²) in [7, 11) is 4.34. The van der Waals surface area contributed by atoms with E-state index in [1.807, 2.05) is 0 Å². The molecule has 0 radical (unpaired) electrons. The summed E-state index contributed by atoms with van der Waals surface area (Å²) in [5.74, 6) is -7.56. The van der Waals surface area contributed by atoms with Gasteiger partial charge in [-0.05, 0) is 44.5 Å². The van der Waals surface area contributed by atoms with Crippen molar-refractivity contribution in [3.63, 3.8) is 0 Å². The summed E-state index contributed by atoms with van der Waals surface area (Å²) < 4.78 is 0. The van der Waals surface area contributed by atoms with Gasteiger partial charge in [0.05, 0.1) is 17.3 Å². The summed E-state index contributed by atoms with van der Waals surface area (Å²) >= 11 is 0. The van der Waals surface area contributed by atoms with Crippen molar-refractivity contribution >= 4 is 57.9 Å². The molecule has 0 fully saturated rings. The number of nitrogens with one attached hydrogen (secondary N) is 1. The van der Waals surface area contributed by atoms with Gasteiger partial charge in [-0.1, -0.05) is 0 Å². The second-order valence-corrected chi connectivity index (χ2v) is 25.8. The third-order valence-electron chi connectivity index (χ3n) is 15.6. The Kier molecular flexibility index (Phi) is 16.3. The van der Waals surface area contributed by atoms with Crippen molar-refractivity contribution in [1.82, 2.24) is 4.90 Å². The molecule has 4 aromatic carbocycles. The van der Waals surface area contributed by atoms with Crippen LogP contribution >= 0.6 is 7.26 Å². The van der Waals surface area contributed by atoms with Crippen LogP contribution in [0.25, 0.3) is 0 Å². The van der Waals surface area contributed by atoms with Gasteiger partial charge in [0.15, 0.2) is 17.1 Å². The summed E-state index contributed by atoms with van der Waals surface area (Å²) in [6.45, 7) is 13.3. The predicted molar refractivity (Wildman–Crippen MR) is 293 cm³/mol. The monoisotopic (exact) mass is 1000 g/mol. The molecule has 7 N–H and O–H groups in total. The van der Waals surface area contributed by atoms with Gasteiger partial charge < -0.3 is 36.4 Å². The van der Waals surface area contributed by atoms with E-state index in [9.17, 15) is 39.6 Å². The predicted octanol–water partition coefficient (Wildman–Crippen LogP) is 8.60. The van der Waals surface area contributed by atoms with E-state index < -0.39 is 71.1 Å². The molecular weight excluding hydrogens is 924 g/mol. The number of nitrogens with zero attached hydrogens (tertiary/aromatic N) is 2. The van der Waals surface area contributed by atoms with Gasteiger partial charge in [0, 0.05) is 31.3 Å². The molecular formula is C59H77N4O8P. The van der Waals surface area contributed by atoms with Crippen molar-refractivity contribution in [1.29, 1.82) is 0 Å². The molecule has 12 nitrogen and oxygen atoms in total. The number of hydrogen-bond donors (Lipinski definition) is 6. The molecule has 0 aromatic heterocycles. The molecule has 0 saturated heterocycles. The maximum atomic E-state index is 14.5. The second kappa shape index (κ2) is 21.7. The van der Waals surface area contributed by atoms with Gasteiger partial charge in [-0.25, -0.2) is 0 Å². The number of primary amides is 1. The third-order valence-corrected chi connectivity index (χ3v) is 20.5. The van der Waals surface area contributed by atoms with Gasteiger partial charge >= 0.3 is 229 Å². The van der Waals surface area contributed by atoms with Gasteiger partial charge in [-0.3, -0.25) is 24.1 Å². The van der Waals surface area contributed by atoms with Crippen LogP contribution in [0.4, 0.5) is 11.4 Å². The number of nitrogens with two attached hydrogens (primary N) is 1. The van der Waals surface area contributed by atoms with E-state index >= 15 is 0 Å². The van der Waals surface area contributed by atoms with Gasteiger partial charge in [0.25, 0.3) is 5.91 Å². The first kappa shape index (κ1) is 54.0.